The van der Waals surface area contributed by atoms with Gasteiger partial charge >= 0.3 is 0 Å². The van der Waals surface area contributed by atoms with Crippen LogP contribution in [-0.2, 0) is 4.74 Å². The molecule has 0 aromatic rings. The zero-order valence-corrected chi connectivity index (χ0v) is 11.3. The predicted molar refractivity (Wildman–Crippen MR) is 70.8 cm³/mol. The van der Waals surface area contributed by atoms with Crippen LogP contribution in [0.3, 0.4) is 0 Å². The molecule has 1 N–H and O–H groups in total. The van der Waals surface area contributed by atoms with Crippen LogP contribution in [0.1, 0.15) is 12.8 Å². The van der Waals surface area contributed by atoms with Crippen molar-refractivity contribution < 1.29 is 4.74 Å². The molecule has 0 bridgehead atoms. The van der Waals surface area contributed by atoms with Crippen molar-refractivity contribution in [3.8, 4) is 0 Å². The topological polar surface area (TPSA) is 27.7 Å². The number of methoxy groups -OCH3 is 1. The molecule has 0 aromatic carbocycles. The Bertz CT molecular complexity index is 225. The monoisotopic (exact) mass is 245 g/mol. The molecule has 0 radical (unpaired) electrons. The summed E-state index contributed by atoms with van der Waals surface area (Å²) in [6.45, 7) is 3.78. The van der Waals surface area contributed by atoms with Crippen molar-refractivity contribution in [2.45, 2.75) is 18.9 Å². The van der Waals surface area contributed by atoms with Crippen LogP contribution in [0, 0.1) is 0 Å². The Morgan fingerprint density at radius 3 is 3.00 bits per heavy atom. The van der Waals surface area contributed by atoms with Gasteiger partial charge in [-0.15, -0.1) is 0 Å². The lowest BCUT2D eigenvalue weighted by Crippen LogP contribution is -2.50. The molecule has 0 amide bonds. The zero-order valence-electron chi connectivity index (χ0n) is 10.5. The Balaban J connectivity index is 2.31. The molecular formula is C11H23N3OS. The highest BCUT2D eigenvalue weighted by Gasteiger charge is 2.22. The molecule has 1 fully saturated rings. The molecule has 1 aliphatic heterocycles. The molecule has 0 saturated carbocycles. The largest absolute Gasteiger partial charge is 0.383 e. The van der Waals surface area contributed by atoms with Gasteiger partial charge in [-0.2, -0.15) is 0 Å². The van der Waals surface area contributed by atoms with Gasteiger partial charge < -0.3 is 19.9 Å². The lowest BCUT2D eigenvalue weighted by atomic mass is 10.1. The molecule has 1 saturated heterocycles. The van der Waals surface area contributed by atoms with Gasteiger partial charge in [0, 0.05) is 33.3 Å². The van der Waals surface area contributed by atoms with Crippen molar-refractivity contribution in [3.63, 3.8) is 0 Å². The molecule has 0 aromatic heterocycles. The number of likely N-dealkylation sites (N-methyl/N-ethyl adjacent to an activating group) is 2. The standard InChI is InChI=1S/C11H23N3OS/c1-13-7-4-5-10(9-13)14(2)11(16)12-6-8-15-3/h10H,4-9H2,1-3H3,(H,12,16). The highest BCUT2D eigenvalue weighted by atomic mass is 32.1. The fourth-order valence-electron chi connectivity index (χ4n) is 2.01. The van der Waals surface area contributed by atoms with E-state index in [0.717, 1.165) is 18.2 Å². The van der Waals surface area contributed by atoms with E-state index in [9.17, 15) is 0 Å². The maximum absolute atomic E-state index is 5.35. The van der Waals surface area contributed by atoms with E-state index in [-0.39, 0.29) is 0 Å². The normalized spacial score (nSPS) is 21.8. The number of hydrogen-bond donors (Lipinski definition) is 1. The van der Waals surface area contributed by atoms with Gasteiger partial charge in [-0.25, -0.2) is 0 Å². The Morgan fingerprint density at radius 2 is 2.38 bits per heavy atom. The molecule has 0 aliphatic carbocycles. The summed E-state index contributed by atoms with van der Waals surface area (Å²) in [7, 11) is 5.94. The van der Waals surface area contributed by atoms with Crippen LogP contribution in [-0.4, -0.2) is 68.4 Å². The minimum atomic E-state index is 0.543. The molecule has 16 heavy (non-hydrogen) atoms. The number of likely N-dealkylation sites (tertiary alicyclic amines) is 1. The fourth-order valence-corrected chi connectivity index (χ4v) is 2.26. The first kappa shape index (κ1) is 13.7. The average molecular weight is 245 g/mol. The Labute approximate surface area is 104 Å². The summed E-state index contributed by atoms with van der Waals surface area (Å²) < 4.78 is 4.99. The van der Waals surface area contributed by atoms with Crippen LogP contribution in [0.15, 0.2) is 0 Å². The van der Waals surface area contributed by atoms with Crippen LogP contribution < -0.4 is 5.32 Å². The highest BCUT2D eigenvalue weighted by Crippen LogP contribution is 2.13. The maximum Gasteiger partial charge on any atom is 0.169 e. The lowest BCUT2D eigenvalue weighted by molar-refractivity contribution is 0.178. The summed E-state index contributed by atoms with van der Waals surface area (Å²) in [6.07, 6.45) is 2.49. The first-order chi connectivity index (χ1) is 7.65. The van der Waals surface area contributed by atoms with Crippen molar-refractivity contribution in [1.29, 1.82) is 0 Å². The van der Waals surface area contributed by atoms with E-state index in [2.05, 4.69) is 29.2 Å². The SMILES string of the molecule is COCCNC(=S)N(C)C1CCCN(C)C1. The van der Waals surface area contributed by atoms with Gasteiger partial charge in [0.15, 0.2) is 5.11 Å². The van der Waals surface area contributed by atoms with Gasteiger partial charge in [-0.3, -0.25) is 0 Å². The summed E-state index contributed by atoms with van der Waals surface area (Å²) in [6, 6.07) is 0.543. The van der Waals surface area contributed by atoms with E-state index < -0.39 is 0 Å². The van der Waals surface area contributed by atoms with Crippen LogP contribution in [0.5, 0.6) is 0 Å². The fraction of sp³-hybridized carbons (Fsp3) is 0.909. The van der Waals surface area contributed by atoms with Gasteiger partial charge in [0.25, 0.3) is 0 Å². The maximum atomic E-state index is 5.35. The van der Waals surface area contributed by atoms with E-state index in [1.54, 1.807) is 7.11 Å². The number of ether oxygens (including phenoxy) is 1. The Morgan fingerprint density at radius 1 is 1.62 bits per heavy atom. The van der Waals surface area contributed by atoms with Crippen LogP contribution >= 0.6 is 12.2 Å². The van der Waals surface area contributed by atoms with Crippen LogP contribution in [0.4, 0.5) is 0 Å². The molecular weight excluding hydrogens is 222 g/mol. The van der Waals surface area contributed by atoms with Crippen LogP contribution in [0.2, 0.25) is 0 Å². The van der Waals surface area contributed by atoms with E-state index in [1.807, 2.05) is 0 Å². The van der Waals surface area contributed by atoms with Gasteiger partial charge in [-0.05, 0) is 38.7 Å². The van der Waals surface area contributed by atoms with E-state index >= 15 is 0 Å². The molecule has 5 heteroatoms. The second-order valence-electron chi connectivity index (χ2n) is 4.39. The number of nitrogens with one attached hydrogen (secondary N) is 1. The molecule has 1 unspecified atom stereocenters. The Kier molecular flexibility index (Phi) is 6.01. The summed E-state index contributed by atoms with van der Waals surface area (Å²) >= 11 is 5.35. The van der Waals surface area contributed by atoms with Crippen molar-refractivity contribution in [2.24, 2.45) is 0 Å². The minimum Gasteiger partial charge on any atom is -0.383 e. The van der Waals surface area contributed by atoms with Gasteiger partial charge in [0.05, 0.1) is 6.61 Å². The molecule has 1 aliphatic rings. The van der Waals surface area contributed by atoms with Gasteiger partial charge in [-0.1, -0.05) is 0 Å². The molecule has 1 heterocycles. The molecule has 1 atom stereocenters. The van der Waals surface area contributed by atoms with Crippen molar-refractivity contribution >= 4 is 17.3 Å². The highest BCUT2D eigenvalue weighted by molar-refractivity contribution is 7.80. The molecule has 4 nitrogen and oxygen atoms in total. The minimum absolute atomic E-state index is 0.543. The third-order valence-corrected chi connectivity index (χ3v) is 3.48. The second-order valence-corrected chi connectivity index (χ2v) is 4.78. The second kappa shape index (κ2) is 7.04. The number of thiocarbonyl (C=S) groups is 1. The van der Waals surface area contributed by atoms with Crippen molar-refractivity contribution in [1.82, 2.24) is 15.1 Å². The quantitative estimate of drug-likeness (QED) is 0.576. The summed E-state index contributed by atoms with van der Waals surface area (Å²) in [5.74, 6) is 0. The predicted octanol–water partition coefficient (Wildman–Crippen LogP) is 0.533. The van der Waals surface area contributed by atoms with E-state index in [1.165, 1.54) is 19.4 Å². The van der Waals surface area contributed by atoms with E-state index in [4.69, 9.17) is 17.0 Å². The number of piperidine rings is 1. The average Bonchev–Trinajstić information content (AvgIpc) is 2.28. The lowest BCUT2D eigenvalue weighted by Gasteiger charge is -2.37. The molecule has 94 valence electrons. The van der Waals surface area contributed by atoms with Crippen molar-refractivity contribution in [2.75, 3.05) is 47.4 Å². The third-order valence-electron chi connectivity index (χ3n) is 3.05. The summed E-state index contributed by atoms with van der Waals surface area (Å²) in [5.41, 5.74) is 0. The van der Waals surface area contributed by atoms with Crippen molar-refractivity contribution in [3.05, 3.63) is 0 Å². The van der Waals surface area contributed by atoms with Crippen LogP contribution in [0.25, 0.3) is 0 Å². The zero-order chi connectivity index (χ0) is 12.0. The first-order valence-corrected chi connectivity index (χ1v) is 6.24. The molecule has 1 rings (SSSR count). The summed E-state index contributed by atoms with van der Waals surface area (Å²) in [5, 5.41) is 4.04. The number of nitrogens with zero attached hydrogens (tertiary/aromatic N) is 2. The Hall–Kier alpha value is -0.390. The van der Waals surface area contributed by atoms with Gasteiger partial charge in [0.1, 0.15) is 0 Å². The smallest absolute Gasteiger partial charge is 0.169 e. The molecule has 0 spiro atoms. The number of rotatable bonds is 4. The number of hydrogen-bond acceptors (Lipinski definition) is 3. The summed E-state index contributed by atoms with van der Waals surface area (Å²) in [4.78, 5) is 4.54. The van der Waals surface area contributed by atoms with Gasteiger partial charge in [0.2, 0.25) is 0 Å². The third kappa shape index (κ3) is 4.23. The first-order valence-electron chi connectivity index (χ1n) is 5.83. The van der Waals surface area contributed by atoms with E-state index in [0.29, 0.717) is 12.6 Å².